The van der Waals surface area contributed by atoms with Gasteiger partial charge in [-0.3, -0.25) is 4.79 Å². The van der Waals surface area contributed by atoms with Gasteiger partial charge in [0.15, 0.2) is 6.10 Å². The number of piperidine rings is 1. The molecule has 1 aliphatic heterocycles. The largest absolute Gasteiger partial charge is 0.449 e. The molecule has 1 amide bonds. The normalized spacial score (nSPS) is 20.4. The van der Waals surface area contributed by atoms with Crippen LogP contribution in [0.1, 0.15) is 37.6 Å². The molecule has 32 heavy (non-hydrogen) atoms. The number of carbonyl (C=O) groups excluding carboxylic acids is 2. The van der Waals surface area contributed by atoms with Crippen LogP contribution in [-0.4, -0.2) is 50.8 Å². The van der Waals surface area contributed by atoms with Gasteiger partial charge < -0.3 is 9.64 Å². The third-order valence-corrected chi connectivity index (χ3v) is 7.51. The molecule has 172 valence electrons. The standard InChI is InChI=1S/C24H30N2O5S/c1-17-14-18(2)16-26(15-17)32(29,30)22-12-10-20(11-13-22)24(28)31-19(3)23(27)25(4)21-8-6-5-7-9-21/h5-13,17-19H,14-16H2,1-4H3. The molecule has 0 aliphatic carbocycles. The summed E-state index contributed by atoms with van der Waals surface area (Å²) in [6, 6.07) is 14.7. The van der Waals surface area contributed by atoms with Gasteiger partial charge in [0.05, 0.1) is 10.5 Å². The number of nitrogens with zero attached hydrogens (tertiary/aromatic N) is 2. The second-order valence-electron chi connectivity index (χ2n) is 8.57. The highest BCUT2D eigenvalue weighted by atomic mass is 32.2. The number of ether oxygens (including phenoxy) is 1. The third kappa shape index (κ3) is 5.37. The maximum atomic E-state index is 13.0. The summed E-state index contributed by atoms with van der Waals surface area (Å²) in [5.74, 6) is -0.444. The van der Waals surface area contributed by atoms with E-state index in [1.807, 2.05) is 18.2 Å². The molecule has 1 aliphatic rings. The fraction of sp³-hybridized carbons (Fsp3) is 0.417. The van der Waals surface area contributed by atoms with E-state index < -0.39 is 22.1 Å². The van der Waals surface area contributed by atoms with E-state index in [4.69, 9.17) is 4.74 Å². The number of likely N-dealkylation sites (N-methyl/N-ethyl adjacent to an activating group) is 1. The van der Waals surface area contributed by atoms with Gasteiger partial charge in [-0.1, -0.05) is 32.0 Å². The zero-order valence-electron chi connectivity index (χ0n) is 18.9. The van der Waals surface area contributed by atoms with Crippen LogP contribution in [0.25, 0.3) is 0 Å². The fourth-order valence-electron chi connectivity index (χ4n) is 4.04. The quantitative estimate of drug-likeness (QED) is 0.618. The third-order valence-electron chi connectivity index (χ3n) is 5.67. The van der Waals surface area contributed by atoms with E-state index in [0.717, 1.165) is 6.42 Å². The van der Waals surface area contributed by atoms with Crippen molar-refractivity contribution in [2.45, 2.75) is 38.2 Å². The smallest absolute Gasteiger partial charge is 0.338 e. The highest BCUT2D eigenvalue weighted by Crippen LogP contribution is 2.27. The van der Waals surface area contributed by atoms with Crippen LogP contribution in [0, 0.1) is 11.8 Å². The molecule has 0 aromatic heterocycles. The molecule has 0 spiro atoms. The summed E-state index contributed by atoms with van der Waals surface area (Å²) < 4.78 is 32.8. The minimum absolute atomic E-state index is 0.142. The van der Waals surface area contributed by atoms with Crippen molar-refractivity contribution in [2.24, 2.45) is 11.8 Å². The van der Waals surface area contributed by atoms with Gasteiger partial charge in [0, 0.05) is 25.8 Å². The van der Waals surface area contributed by atoms with Gasteiger partial charge >= 0.3 is 5.97 Å². The number of esters is 1. The maximum absolute atomic E-state index is 13.0. The predicted molar refractivity (Wildman–Crippen MR) is 123 cm³/mol. The first-order valence-electron chi connectivity index (χ1n) is 10.7. The molecular formula is C24H30N2O5S. The lowest BCUT2D eigenvalue weighted by Crippen LogP contribution is -2.42. The lowest BCUT2D eigenvalue weighted by atomic mass is 9.94. The van der Waals surface area contributed by atoms with Crippen LogP contribution < -0.4 is 4.90 Å². The lowest BCUT2D eigenvalue weighted by Gasteiger charge is -2.34. The van der Waals surface area contributed by atoms with Crippen molar-refractivity contribution in [3.8, 4) is 0 Å². The first-order valence-corrected chi connectivity index (χ1v) is 12.2. The molecule has 8 heteroatoms. The Morgan fingerprint density at radius 3 is 2.12 bits per heavy atom. The number of amides is 1. The van der Waals surface area contributed by atoms with Crippen molar-refractivity contribution in [3.05, 3.63) is 60.2 Å². The molecule has 3 unspecified atom stereocenters. The number of rotatable bonds is 6. The second kappa shape index (κ2) is 9.83. The molecule has 0 saturated carbocycles. The first kappa shape index (κ1) is 23.9. The zero-order valence-corrected chi connectivity index (χ0v) is 19.7. The van der Waals surface area contributed by atoms with Gasteiger partial charge in [0.25, 0.3) is 5.91 Å². The van der Waals surface area contributed by atoms with Gasteiger partial charge in [-0.25, -0.2) is 13.2 Å². The highest BCUT2D eigenvalue weighted by molar-refractivity contribution is 7.89. The summed E-state index contributed by atoms with van der Waals surface area (Å²) in [6.07, 6.45) is 0.0140. The van der Waals surface area contributed by atoms with Crippen LogP contribution in [0.3, 0.4) is 0 Å². The number of carbonyl (C=O) groups is 2. The first-order chi connectivity index (χ1) is 15.1. The molecular weight excluding hydrogens is 428 g/mol. The molecule has 7 nitrogen and oxygen atoms in total. The Labute approximate surface area is 190 Å². The minimum atomic E-state index is -3.63. The zero-order chi connectivity index (χ0) is 23.5. The Kier molecular flexibility index (Phi) is 7.36. The highest BCUT2D eigenvalue weighted by Gasteiger charge is 2.32. The topological polar surface area (TPSA) is 84.0 Å². The van der Waals surface area contributed by atoms with Gasteiger partial charge in [-0.2, -0.15) is 4.31 Å². The number of para-hydroxylation sites is 1. The summed E-state index contributed by atoms with van der Waals surface area (Å²) in [7, 11) is -2.01. The molecule has 1 fully saturated rings. The number of hydrogen-bond acceptors (Lipinski definition) is 5. The van der Waals surface area contributed by atoms with Crippen LogP contribution in [0.15, 0.2) is 59.5 Å². The Hall–Kier alpha value is -2.71. The molecule has 0 radical (unpaired) electrons. The van der Waals surface area contributed by atoms with E-state index in [2.05, 4.69) is 13.8 Å². The maximum Gasteiger partial charge on any atom is 0.338 e. The van der Waals surface area contributed by atoms with Crippen LogP contribution in [0.2, 0.25) is 0 Å². The van der Waals surface area contributed by atoms with Gasteiger partial charge in [0.1, 0.15) is 0 Å². The van der Waals surface area contributed by atoms with E-state index in [0.29, 0.717) is 30.6 Å². The molecule has 1 heterocycles. The molecule has 0 N–H and O–H groups in total. The van der Waals surface area contributed by atoms with E-state index in [9.17, 15) is 18.0 Å². The summed E-state index contributed by atoms with van der Waals surface area (Å²) in [5.41, 5.74) is 0.877. The van der Waals surface area contributed by atoms with Crippen molar-refractivity contribution in [1.82, 2.24) is 4.31 Å². The predicted octanol–water partition coefficient (Wildman–Crippen LogP) is 3.56. The molecule has 1 saturated heterocycles. The average molecular weight is 459 g/mol. The van der Waals surface area contributed by atoms with Gasteiger partial charge in [0.2, 0.25) is 10.0 Å². The van der Waals surface area contributed by atoms with E-state index >= 15 is 0 Å². The lowest BCUT2D eigenvalue weighted by molar-refractivity contribution is -0.126. The van der Waals surface area contributed by atoms with Crippen LogP contribution in [-0.2, 0) is 19.6 Å². The van der Waals surface area contributed by atoms with Gasteiger partial charge in [-0.05, 0) is 61.6 Å². The molecule has 3 atom stereocenters. The Morgan fingerprint density at radius 2 is 1.56 bits per heavy atom. The molecule has 2 aromatic rings. The Bertz CT molecular complexity index is 1040. The van der Waals surface area contributed by atoms with Crippen molar-refractivity contribution in [1.29, 1.82) is 0 Å². The fourth-order valence-corrected chi connectivity index (χ4v) is 5.72. The monoisotopic (exact) mass is 458 g/mol. The van der Waals surface area contributed by atoms with E-state index in [-0.39, 0.29) is 16.4 Å². The Morgan fingerprint density at radius 1 is 1.00 bits per heavy atom. The SMILES string of the molecule is CC1CC(C)CN(S(=O)(=O)c2ccc(C(=O)OC(C)C(=O)N(C)c3ccccc3)cc2)C1. The minimum Gasteiger partial charge on any atom is -0.449 e. The van der Waals surface area contributed by atoms with Gasteiger partial charge in [-0.15, -0.1) is 0 Å². The molecule has 3 rings (SSSR count). The van der Waals surface area contributed by atoms with E-state index in [1.165, 1.54) is 40.4 Å². The number of anilines is 1. The number of benzene rings is 2. The van der Waals surface area contributed by atoms with Crippen molar-refractivity contribution < 1.29 is 22.7 Å². The summed E-state index contributed by atoms with van der Waals surface area (Å²) in [4.78, 5) is 26.7. The molecule has 2 aromatic carbocycles. The summed E-state index contributed by atoms with van der Waals surface area (Å²) in [5, 5.41) is 0. The number of sulfonamides is 1. The summed E-state index contributed by atoms with van der Waals surface area (Å²) >= 11 is 0. The van der Waals surface area contributed by atoms with Crippen molar-refractivity contribution >= 4 is 27.6 Å². The number of hydrogen-bond donors (Lipinski definition) is 0. The van der Waals surface area contributed by atoms with Crippen molar-refractivity contribution in [3.63, 3.8) is 0 Å². The Balaban J connectivity index is 1.66. The second-order valence-corrected chi connectivity index (χ2v) is 10.5. The van der Waals surface area contributed by atoms with Crippen LogP contribution in [0.4, 0.5) is 5.69 Å². The average Bonchev–Trinajstić information content (AvgIpc) is 2.78. The molecule has 0 bridgehead atoms. The van der Waals surface area contributed by atoms with Crippen LogP contribution >= 0.6 is 0 Å². The van der Waals surface area contributed by atoms with Crippen LogP contribution in [0.5, 0.6) is 0 Å². The summed E-state index contributed by atoms with van der Waals surface area (Å²) in [6.45, 7) is 6.59. The van der Waals surface area contributed by atoms with Crippen molar-refractivity contribution in [2.75, 3.05) is 25.0 Å². The van der Waals surface area contributed by atoms with E-state index in [1.54, 1.807) is 19.2 Å².